The molecule has 1 saturated heterocycles. The van der Waals surface area contributed by atoms with Crippen molar-refractivity contribution in [2.24, 2.45) is 0 Å². The maximum atomic E-state index is 11.6. The fourth-order valence-corrected chi connectivity index (χ4v) is 1.48. The fourth-order valence-electron chi connectivity index (χ4n) is 1.48. The number of nitrogens with zero attached hydrogens (tertiary/aromatic N) is 2. The molecule has 17 heavy (non-hydrogen) atoms. The lowest BCUT2D eigenvalue weighted by Gasteiger charge is -2.22. The van der Waals surface area contributed by atoms with Crippen LogP contribution in [-0.4, -0.2) is 47.6 Å². The zero-order valence-electron chi connectivity index (χ0n) is 9.10. The number of hydrogen-bond acceptors (Lipinski definition) is 6. The molecule has 0 spiro atoms. The van der Waals surface area contributed by atoms with Gasteiger partial charge in [-0.2, -0.15) is 4.98 Å². The molecule has 0 radical (unpaired) electrons. The molecule has 1 unspecified atom stereocenters. The second-order valence-corrected chi connectivity index (χ2v) is 3.63. The number of hydrogen-bond donors (Lipinski definition) is 3. The Labute approximate surface area is 97.1 Å². The summed E-state index contributed by atoms with van der Waals surface area (Å²) >= 11 is 0. The Morgan fingerprint density at radius 2 is 2.53 bits per heavy atom. The molecule has 1 fully saturated rings. The number of carbonyl (C=O) groups is 2. The number of amides is 2. The lowest BCUT2D eigenvalue weighted by atomic mass is 10.2. The summed E-state index contributed by atoms with van der Waals surface area (Å²) in [5.74, 6) is 0.310. The van der Waals surface area contributed by atoms with E-state index in [1.165, 1.54) is 6.39 Å². The summed E-state index contributed by atoms with van der Waals surface area (Å²) in [6.07, 6.45) is 1.76. The van der Waals surface area contributed by atoms with E-state index in [9.17, 15) is 9.59 Å². The van der Waals surface area contributed by atoms with Crippen LogP contribution in [0.1, 0.15) is 5.82 Å². The molecule has 1 aliphatic rings. The fraction of sp³-hybridized carbons (Fsp3) is 0.556. The van der Waals surface area contributed by atoms with Crippen molar-refractivity contribution in [2.75, 3.05) is 19.6 Å². The minimum atomic E-state index is -0.377. The normalized spacial score (nSPS) is 19.8. The highest BCUT2D eigenvalue weighted by Gasteiger charge is 2.23. The third-order valence-electron chi connectivity index (χ3n) is 2.38. The van der Waals surface area contributed by atoms with E-state index in [-0.39, 0.29) is 24.4 Å². The molecule has 8 nitrogen and oxygen atoms in total. The molecule has 8 heteroatoms. The first-order valence-electron chi connectivity index (χ1n) is 5.29. The third-order valence-corrected chi connectivity index (χ3v) is 2.38. The molecule has 0 aliphatic carbocycles. The van der Waals surface area contributed by atoms with Crippen LogP contribution in [0.2, 0.25) is 0 Å². The molecule has 1 aliphatic heterocycles. The average Bonchev–Trinajstić information content (AvgIpc) is 2.83. The maximum absolute atomic E-state index is 11.6. The van der Waals surface area contributed by atoms with Gasteiger partial charge in [-0.05, 0) is 0 Å². The maximum Gasteiger partial charge on any atom is 0.238 e. The quantitative estimate of drug-likeness (QED) is 0.551. The third kappa shape index (κ3) is 3.25. The predicted octanol–water partition coefficient (Wildman–Crippen LogP) is -2.18. The lowest BCUT2D eigenvalue weighted by molar-refractivity contribution is -0.126. The second kappa shape index (κ2) is 5.39. The molecule has 3 N–H and O–H groups in total. The lowest BCUT2D eigenvalue weighted by Crippen LogP contribution is -2.58. The number of carbonyl (C=O) groups excluding carboxylic acids is 2. The summed E-state index contributed by atoms with van der Waals surface area (Å²) in [5, 5.41) is 11.8. The minimum Gasteiger partial charge on any atom is -0.354 e. The standard InChI is InChI=1S/C9H13N5O3/c15-8-4-11-6(3-12-8)9(16)10-2-1-7-13-5-17-14-7/h5-6,11H,1-4H2,(H,10,16)(H,12,15). The van der Waals surface area contributed by atoms with Crippen LogP contribution in [0.4, 0.5) is 0 Å². The summed E-state index contributed by atoms with van der Waals surface area (Å²) in [6, 6.07) is -0.377. The first-order valence-corrected chi connectivity index (χ1v) is 5.29. The van der Waals surface area contributed by atoms with Gasteiger partial charge >= 0.3 is 0 Å². The van der Waals surface area contributed by atoms with Crippen molar-refractivity contribution < 1.29 is 14.1 Å². The Kier molecular flexibility index (Phi) is 3.66. The van der Waals surface area contributed by atoms with Crippen LogP contribution < -0.4 is 16.0 Å². The van der Waals surface area contributed by atoms with E-state index in [1.807, 2.05) is 0 Å². The summed E-state index contributed by atoms with van der Waals surface area (Å²) in [6.45, 7) is 0.917. The summed E-state index contributed by atoms with van der Waals surface area (Å²) in [5.41, 5.74) is 0. The highest BCUT2D eigenvalue weighted by molar-refractivity contribution is 5.86. The van der Waals surface area contributed by atoms with Crippen molar-refractivity contribution in [3.05, 3.63) is 12.2 Å². The molecule has 92 valence electrons. The van der Waals surface area contributed by atoms with Crippen LogP contribution in [0.25, 0.3) is 0 Å². The number of aromatic nitrogens is 2. The van der Waals surface area contributed by atoms with Crippen molar-refractivity contribution in [1.29, 1.82) is 0 Å². The SMILES string of the molecule is O=C1CNC(C(=O)NCCc2ncon2)CN1. The highest BCUT2D eigenvalue weighted by Crippen LogP contribution is 1.91. The predicted molar refractivity (Wildman–Crippen MR) is 55.8 cm³/mol. The van der Waals surface area contributed by atoms with Gasteiger partial charge in [-0.1, -0.05) is 5.16 Å². The van der Waals surface area contributed by atoms with Gasteiger partial charge in [0.05, 0.1) is 6.54 Å². The number of piperazine rings is 1. The Hall–Kier alpha value is -1.96. The van der Waals surface area contributed by atoms with Crippen molar-refractivity contribution in [1.82, 2.24) is 26.1 Å². The monoisotopic (exact) mass is 239 g/mol. The summed E-state index contributed by atoms with van der Waals surface area (Å²) in [7, 11) is 0. The van der Waals surface area contributed by atoms with Gasteiger partial charge in [-0.3, -0.25) is 14.9 Å². The summed E-state index contributed by atoms with van der Waals surface area (Å²) < 4.78 is 4.57. The van der Waals surface area contributed by atoms with Crippen LogP contribution in [0, 0.1) is 0 Å². The molecule has 1 atom stereocenters. The number of nitrogens with one attached hydrogen (secondary N) is 3. The van der Waals surface area contributed by atoms with Crippen molar-refractivity contribution >= 4 is 11.8 Å². The van der Waals surface area contributed by atoms with E-state index in [1.54, 1.807) is 0 Å². The molecule has 2 rings (SSSR count). The first-order chi connectivity index (χ1) is 8.25. The van der Waals surface area contributed by atoms with E-state index in [4.69, 9.17) is 0 Å². The zero-order chi connectivity index (χ0) is 12.1. The molecule has 0 saturated carbocycles. The van der Waals surface area contributed by atoms with Gasteiger partial charge in [-0.15, -0.1) is 0 Å². The van der Waals surface area contributed by atoms with Crippen molar-refractivity contribution in [2.45, 2.75) is 12.5 Å². The van der Waals surface area contributed by atoms with Gasteiger partial charge in [0, 0.05) is 19.5 Å². The summed E-state index contributed by atoms with van der Waals surface area (Å²) in [4.78, 5) is 26.3. The van der Waals surface area contributed by atoms with Crippen LogP contribution in [0.15, 0.2) is 10.9 Å². The van der Waals surface area contributed by atoms with Crippen LogP contribution >= 0.6 is 0 Å². The molecular weight excluding hydrogens is 226 g/mol. The smallest absolute Gasteiger partial charge is 0.238 e. The van der Waals surface area contributed by atoms with Gasteiger partial charge in [0.25, 0.3) is 0 Å². The average molecular weight is 239 g/mol. The van der Waals surface area contributed by atoms with Crippen LogP contribution in [0.5, 0.6) is 0 Å². The van der Waals surface area contributed by atoms with E-state index in [0.29, 0.717) is 25.3 Å². The van der Waals surface area contributed by atoms with Crippen LogP contribution in [-0.2, 0) is 16.0 Å². The van der Waals surface area contributed by atoms with Gasteiger partial charge in [-0.25, -0.2) is 0 Å². The number of rotatable bonds is 4. The first kappa shape index (κ1) is 11.5. The second-order valence-electron chi connectivity index (χ2n) is 3.63. The van der Waals surface area contributed by atoms with Gasteiger partial charge in [0.1, 0.15) is 6.04 Å². The van der Waals surface area contributed by atoms with Gasteiger partial charge in [0.2, 0.25) is 18.2 Å². The topological polar surface area (TPSA) is 109 Å². The van der Waals surface area contributed by atoms with E-state index in [0.717, 1.165) is 0 Å². The van der Waals surface area contributed by atoms with Gasteiger partial charge < -0.3 is 15.2 Å². The molecular formula is C9H13N5O3. The van der Waals surface area contributed by atoms with Gasteiger partial charge in [0.15, 0.2) is 5.82 Å². The van der Waals surface area contributed by atoms with Crippen molar-refractivity contribution in [3.63, 3.8) is 0 Å². The Morgan fingerprint density at radius 3 is 3.18 bits per heavy atom. The van der Waals surface area contributed by atoms with Crippen LogP contribution in [0.3, 0.4) is 0 Å². The van der Waals surface area contributed by atoms with Crippen molar-refractivity contribution in [3.8, 4) is 0 Å². The zero-order valence-corrected chi connectivity index (χ0v) is 9.10. The Balaban J connectivity index is 1.68. The molecule has 2 heterocycles. The molecule has 0 bridgehead atoms. The molecule has 1 aromatic rings. The highest BCUT2D eigenvalue weighted by atomic mass is 16.5. The van der Waals surface area contributed by atoms with E-state index in [2.05, 4.69) is 30.6 Å². The molecule has 2 amide bonds. The van der Waals surface area contributed by atoms with E-state index >= 15 is 0 Å². The minimum absolute atomic E-state index is 0.0964. The Bertz CT molecular complexity index is 381. The molecule has 1 aromatic heterocycles. The Morgan fingerprint density at radius 1 is 1.65 bits per heavy atom. The van der Waals surface area contributed by atoms with E-state index < -0.39 is 0 Å². The molecule has 0 aromatic carbocycles. The largest absolute Gasteiger partial charge is 0.354 e.